The molecule has 19 heavy (non-hydrogen) atoms. The number of hydrogen-bond acceptors (Lipinski definition) is 1. The fourth-order valence-corrected chi connectivity index (χ4v) is 3.06. The number of carbonyl (C=O) groups is 1. The van der Waals surface area contributed by atoms with E-state index in [9.17, 15) is 4.79 Å². The Morgan fingerprint density at radius 1 is 0.632 bits per heavy atom. The second-order valence-corrected chi connectivity index (χ2v) is 6.25. The Balaban J connectivity index is 2.39. The molecule has 0 heterocycles. The monoisotopic (exact) mass is 284 g/mol. The number of hydrogen-bond donors (Lipinski definition) is 0. The van der Waals surface area contributed by atoms with Gasteiger partial charge in [-0.1, -0.05) is 75.8 Å². The van der Waals surface area contributed by atoms with Gasteiger partial charge in [0.15, 0.2) is 0 Å². The molecule has 110 valence electrons. The van der Waals surface area contributed by atoms with Crippen molar-refractivity contribution >= 4 is 17.9 Å². The van der Waals surface area contributed by atoms with E-state index in [0.717, 1.165) is 42.6 Å². The maximum absolute atomic E-state index is 11.1. The van der Waals surface area contributed by atoms with Gasteiger partial charge in [-0.2, -0.15) is 0 Å². The lowest BCUT2D eigenvalue weighted by Crippen LogP contribution is -1.92. The third-order valence-corrected chi connectivity index (χ3v) is 4.51. The molecule has 0 N–H and O–H groups in total. The second kappa shape index (κ2) is 11.5. The first kappa shape index (κ1) is 16.8. The highest BCUT2D eigenvalue weighted by Crippen LogP contribution is 2.22. The van der Waals surface area contributed by atoms with Crippen molar-refractivity contribution in [1.82, 2.24) is 0 Å². The molecule has 1 aliphatic carbocycles. The molecule has 0 atom stereocenters. The van der Waals surface area contributed by atoms with Crippen LogP contribution in [0.15, 0.2) is 10.6 Å². The van der Waals surface area contributed by atoms with Crippen LogP contribution in [0.4, 0.5) is 0 Å². The molecule has 0 aromatic rings. The Bertz CT molecular complexity index is 270. The minimum atomic E-state index is 0.821. The number of rotatable bonds is 1. The average Bonchev–Trinajstić information content (AvgIpc) is 2.42. The zero-order valence-electron chi connectivity index (χ0n) is 12.3. The van der Waals surface area contributed by atoms with Crippen LogP contribution in [0.5, 0.6) is 0 Å². The van der Waals surface area contributed by atoms with Crippen molar-refractivity contribution < 1.29 is 4.79 Å². The van der Waals surface area contributed by atoms with Crippen molar-refractivity contribution in [3.63, 3.8) is 0 Å². The smallest absolute Gasteiger partial charge is 0.147 e. The summed E-state index contributed by atoms with van der Waals surface area (Å²) < 4.78 is 0. The SMILES string of the molecule is O=C/C1=C(/Cl)CCCCCCCCCCCCCC1. The minimum Gasteiger partial charge on any atom is -0.298 e. The molecule has 2 heteroatoms. The summed E-state index contributed by atoms with van der Waals surface area (Å²) in [5.74, 6) is 0. The largest absolute Gasteiger partial charge is 0.298 e. The summed E-state index contributed by atoms with van der Waals surface area (Å²) in [7, 11) is 0. The van der Waals surface area contributed by atoms with Gasteiger partial charge in [0.25, 0.3) is 0 Å². The molecular weight excluding hydrogens is 256 g/mol. The molecule has 0 aromatic carbocycles. The van der Waals surface area contributed by atoms with Gasteiger partial charge in [-0.05, 0) is 25.7 Å². The number of halogens is 1. The fraction of sp³-hybridized carbons (Fsp3) is 0.824. The molecule has 0 aliphatic heterocycles. The first-order valence-electron chi connectivity index (χ1n) is 8.17. The number of carbonyl (C=O) groups excluding carboxylic acids is 1. The lowest BCUT2D eigenvalue weighted by molar-refractivity contribution is -0.105. The fourth-order valence-electron chi connectivity index (χ4n) is 2.78. The standard InChI is InChI=1S/C17H29ClO/c18-17-14-12-10-8-6-4-2-1-3-5-7-9-11-13-16(17)15-19/h15H,1-14H2/b17-16+. The number of allylic oxidation sites excluding steroid dienone is 2. The lowest BCUT2D eigenvalue weighted by atomic mass is 10.0. The molecule has 0 saturated carbocycles. The third kappa shape index (κ3) is 8.47. The number of aldehydes is 1. The molecule has 0 fully saturated rings. The van der Waals surface area contributed by atoms with Crippen LogP contribution in [-0.2, 0) is 4.79 Å². The van der Waals surface area contributed by atoms with Crippen LogP contribution < -0.4 is 0 Å². The van der Waals surface area contributed by atoms with Crippen molar-refractivity contribution in [2.75, 3.05) is 0 Å². The first-order valence-corrected chi connectivity index (χ1v) is 8.55. The summed E-state index contributed by atoms with van der Waals surface area (Å²) in [5.41, 5.74) is 0.855. The maximum Gasteiger partial charge on any atom is 0.147 e. The van der Waals surface area contributed by atoms with Gasteiger partial charge in [-0.15, -0.1) is 0 Å². The van der Waals surface area contributed by atoms with E-state index in [-0.39, 0.29) is 0 Å². The summed E-state index contributed by atoms with van der Waals surface area (Å²) >= 11 is 6.26. The van der Waals surface area contributed by atoms with E-state index in [4.69, 9.17) is 11.6 Å². The summed E-state index contributed by atoms with van der Waals surface area (Å²) in [6.07, 6.45) is 18.4. The van der Waals surface area contributed by atoms with Crippen LogP contribution >= 0.6 is 11.6 Å². The van der Waals surface area contributed by atoms with E-state index >= 15 is 0 Å². The normalized spacial score (nSPS) is 25.9. The Morgan fingerprint density at radius 2 is 1.00 bits per heavy atom. The van der Waals surface area contributed by atoms with Gasteiger partial charge in [0.05, 0.1) is 0 Å². The molecular formula is C17H29ClO. The van der Waals surface area contributed by atoms with Gasteiger partial charge in [0, 0.05) is 10.6 Å². The van der Waals surface area contributed by atoms with Crippen LogP contribution in [0, 0.1) is 0 Å². The summed E-state index contributed by atoms with van der Waals surface area (Å²) in [4.78, 5) is 11.1. The summed E-state index contributed by atoms with van der Waals surface area (Å²) in [6.45, 7) is 0. The Hall–Kier alpha value is -0.300. The Morgan fingerprint density at radius 3 is 1.42 bits per heavy atom. The van der Waals surface area contributed by atoms with Crippen molar-refractivity contribution in [3.8, 4) is 0 Å². The molecule has 0 unspecified atom stereocenters. The van der Waals surface area contributed by atoms with E-state index in [2.05, 4.69) is 0 Å². The molecule has 0 bridgehead atoms. The quantitative estimate of drug-likeness (QED) is 0.528. The van der Waals surface area contributed by atoms with Gasteiger partial charge in [-0.25, -0.2) is 0 Å². The van der Waals surface area contributed by atoms with E-state index in [1.54, 1.807) is 0 Å². The molecule has 1 aliphatic rings. The predicted molar refractivity (Wildman–Crippen MR) is 83.6 cm³/mol. The molecule has 1 nitrogen and oxygen atoms in total. The predicted octanol–water partition coefficient (Wildman–Crippen LogP) is 6.15. The van der Waals surface area contributed by atoms with Crippen LogP contribution in [0.25, 0.3) is 0 Å². The molecule has 0 saturated heterocycles. The maximum atomic E-state index is 11.1. The zero-order chi connectivity index (χ0) is 13.8. The molecule has 0 amide bonds. The molecule has 0 aromatic heterocycles. The Labute approximate surface area is 123 Å². The van der Waals surface area contributed by atoms with Gasteiger partial charge >= 0.3 is 0 Å². The highest BCUT2D eigenvalue weighted by molar-refractivity contribution is 6.31. The van der Waals surface area contributed by atoms with Gasteiger partial charge in [0.1, 0.15) is 6.29 Å². The highest BCUT2D eigenvalue weighted by atomic mass is 35.5. The van der Waals surface area contributed by atoms with Crippen LogP contribution in [0.1, 0.15) is 89.9 Å². The van der Waals surface area contributed by atoms with Crippen LogP contribution in [-0.4, -0.2) is 6.29 Å². The van der Waals surface area contributed by atoms with Gasteiger partial charge in [0.2, 0.25) is 0 Å². The van der Waals surface area contributed by atoms with Crippen molar-refractivity contribution in [3.05, 3.63) is 10.6 Å². The van der Waals surface area contributed by atoms with Crippen LogP contribution in [0.2, 0.25) is 0 Å². The second-order valence-electron chi connectivity index (χ2n) is 5.79. The third-order valence-electron chi connectivity index (χ3n) is 4.08. The zero-order valence-corrected chi connectivity index (χ0v) is 13.0. The Kier molecular flexibility index (Phi) is 10.2. The van der Waals surface area contributed by atoms with E-state index in [1.807, 2.05) is 0 Å². The summed E-state index contributed by atoms with van der Waals surface area (Å²) in [6, 6.07) is 0. The van der Waals surface area contributed by atoms with E-state index < -0.39 is 0 Å². The molecule has 0 radical (unpaired) electrons. The van der Waals surface area contributed by atoms with E-state index in [1.165, 1.54) is 64.2 Å². The van der Waals surface area contributed by atoms with Crippen LogP contribution in [0.3, 0.4) is 0 Å². The topological polar surface area (TPSA) is 17.1 Å². The van der Waals surface area contributed by atoms with Gasteiger partial charge < -0.3 is 0 Å². The van der Waals surface area contributed by atoms with Gasteiger partial charge in [-0.3, -0.25) is 4.79 Å². The van der Waals surface area contributed by atoms with E-state index in [0.29, 0.717) is 0 Å². The lowest BCUT2D eigenvalue weighted by Gasteiger charge is -2.07. The van der Waals surface area contributed by atoms with Crippen molar-refractivity contribution in [1.29, 1.82) is 0 Å². The van der Waals surface area contributed by atoms with Crippen molar-refractivity contribution in [2.45, 2.75) is 89.9 Å². The highest BCUT2D eigenvalue weighted by Gasteiger charge is 2.05. The minimum absolute atomic E-state index is 0.821. The first-order chi connectivity index (χ1) is 9.34. The van der Waals surface area contributed by atoms with Crippen molar-refractivity contribution in [2.24, 2.45) is 0 Å². The molecule has 0 spiro atoms. The summed E-state index contributed by atoms with van der Waals surface area (Å²) in [5, 5.41) is 0.821. The average molecular weight is 285 g/mol. The molecule has 1 rings (SSSR count).